The van der Waals surface area contributed by atoms with Crippen LogP contribution < -0.4 is 5.32 Å². The third-order valence-corrected chi connectivity index (χ3v) is 3.82. The number of hydrogen-bond donors (Lipinski definition) is 1. The number of carbonyl (C=O) groups excluding carboxylic acids is 1. The number of ether oxygens (including phenoxy) is 1. The summed E-state index contributed by atoms with van der Waals surface area (Å²) in [5.74, 6) is 3.37. The van der Waals surface area contributed by atoms with E-state index in [4.69, 9.17) is 11.2 Å². The van der Waals surface area contributed by atoms with E-state index in [2.05, 4.69) is 18.2 Å². The summed E-state index contributed by atoms with van der Waals surface area (Å²) in [6.45, 7) is 5.44. The predicted octanol–water partition coefficient (Wildman–Crippen LogP) is 0.873. The van der Waals surface area contributed by atoms with Crippen molar-refractivity contribution in [2.75, 3.05) is 32.8 Å². The maximum absolute atomic E-state index is 12.6. The zero-order chi connectivity index (χ0) is 13.7. The molecule has 4 heteroatoms. The van der Waals surface area contributed by atoms with Crippen molar-refractivity contribution >= 4 is 5.91 Å². The van der Waals surface area contributed by atoms with E-state index < -0.39 is 0 Å². The molecular weight excluding hydrogens is 240 g/mol. The summed E-state index contributed by atoms with van der Waals surface area (Å²) in [6, 6.07) is 0.145. The van der Waals surface area contributed by atoms with Crippen LogP contribution in [0.5, 0.6) is 0 Å². The van der Waals surface area contributed by atoms with Gasteiger partial charge in [-0.3, -0.25) is 4.79 Å². The molecule has 0 bridgehead atoms. The van der Waals surface area contributed by atoms with Crippen molar-refractivity contribution < 1.29 is 9.53 Å². The van der Waals surface area contributed by atoms with Gasteiger partial charge in [0.15, 0.2) is 0 Å². The van der Waals surface area contributed by atoms with Crippen molar-refractivity contribution in [2.24, 2.45) is 11.8 Å². The number of nitrogens with one attached hydrogen (secondary N) is 1. The second kappa shape index (κ2) is 6.93. The summed E-state index contributed by atoms with van der Waals surface area (Å²) < 4.78 is 5.48. The number of rotatable bonds is 7. The molecule has 0 spiro atoms. The third-order valence-electron chi connectivity index (χ3n) is 3.82. The smallest absolute Gasteiger partial charge is 0.230 e. The summed E-state index contributed by atoms with van der Waals surface area (Å²) >= 11 is 0. The molecule has 2 atom stereocenters. The molecule has 0 aromatic rings. The van der Waals surface area contributed by atoms with Crippen LogP contribution in [0.1, 0.15) is 26.2 Å². The standard InChI is InChI=1S/C15H24N2O2/c1-3-7-16-14-11-19-10-13(14)15(18)17(8-4-2)9-12-5-6-12/h2,12-14,16H,3,5-11H2,1H3. The number of hydrogen-bond acceptors (Lipinski definition) is 3. The Labute approximate surface area is 115 Å². The summed E-state index contributed by atoms with van der Waals surface area (Å²) in [5.41, 5.74) is 0. The van der Waals surface area contributed by atoms with Crippen molar-refractivity contribution in [2.45, 2.75) is 32.2 Å². The van der Waals surface area contributed by atoms with E-state index in [-0.39, 0.29) is 17.9 Å². The highest BCUT2D eigenvalue weighted by Gasteiger charge is 2.37. The molecule has 2 fully saturated rings. The van der Waals surface area contributed by atoms with E-state index in [9.17, 15) is 4.79 Å². The topological polar surface area (TPSA) is 41.6 Å². The Bertz CT molecular complexity index is 347. The van der Waals surface area contributed by atoms with Crippen molar-refractivity contribution in [3.05, 3.63) is 0 Å². The van der Waals surface area contributed by atoms with Gasteiger partial charge in [-0.25, -0.2) is 0 Å². The molecule has 1 saturated heterocycles. The van der Waals surface area contributed by atoms with Crippen LogP contribution in [-0.2, 0) is 9.53 Å². The Morgan fingerprint density at radius 3 is 2.89 bits per heavy atom. The van der Waals surface area contributed by atoms with Gasteiger partial charge in [-0.2, -0.15) is 0 Å². The number of amides is 1. The van der Waals surface area contributed by atoms with Gasteiger partial charge in [0.05, 0.1) is 25.7 Å². The van der Waals surface area contributed by atoms with E-state index in [1.165, 1.54) is 12.8 Å². The number of carbonyl (C=O) groups is 1. The van der Waals surface area contributed by atoms with Crippen LogP contribution in [0.15, 0.2) is 0 Å². The van der Waals surface area contributed by atoms with Crippen molar-refractivity contribution in [1.29, 1.82) is 0 Å². The van der Waals surface area contributed by atoms with Crippen molar-refractivity contribution in [1.82, 2.24) is 10.2 Å². The van der Waals surface area contributed by atoms with Crippen LogP contribution in [0, 0.1) is 24.2 Å². The molecule has 1 aliphatic carbocycles. The van der Waals surface area contributed by atoms with Crippen molar-refractivity contribution in [3.63, 3.8) is 0 Å². The van der Waals surface area contributed by atoms with Gasteiger partial charge in [0.1, 0.15) is 0 Å². The van der Waals surface area contributed by atoms with E-state index in [1.54, 1.807) is 0 Å². The van der Waals surface area contributed by atoms with Gasteiger partial charge in [0, 0.05) is 12.6 Å². The molecule has 0 aromatic heterocycles. The molecule has 2 aliphatic rings. The van der Waals surface area contributed by atoms with Gasteiger partial charge < -0.3 is 15.0 Å². The lowest BCUT2D eigenvalue weighted by Crippen LogP contribution is -2.46. The van der Waals surface area contributed by atoms with Crippen LogP contribution in [0.2, 0.25) is 0 Å². The molecule has 1 N–H and O–H groups in total. The highest BCUT2D eigenvalue weighted by atomic mass is 16.5. The molecule has 2 rings (SSSR count). The quantitative estimate of drug-likeness (QED) is 0.694. The first-order valence-electron chi connectivity index (χ1n) is 7.29. The monoisotopic (exact) mass is 264 g/mol. The molecule has 2 unspecified atom stereocenters. The van der Waals surface area contributed by atoms with Gasteiger partial charge in [-0.15, -0.1) is 6.42 Å². The average Bonchev–Trinajstić information content (AvgIpc) is 3.10. The minimum absolute atomic E-state index is 0.0707. The van der Waals surface area contributed by atoms with Crippen LogP contribution in [0.3, 0.4) is 0 Å². The Morgan fingerprint density at radius 2 is 2.26 bits per heavy atom. The Balaban J connectivity index is 1.92. The van der Waals surface area contributed by atoms with Crippen LogP contribution >= 0.6 is 0 Å². The number of nitrogens with zero attached hydrogens (tertiary/aromatic N) is 1. The summed E-state index contributed by atoms with van der Waals surface area (Å²) in [6.07, 6.45) is 8.91. The summed E-state index contributed by atoms with van der Waals surface area (Å²) in [4.78, 5) is 14.4. The summed E-state index contributed by atoms with van der Waals surface area (Å²) in [7, 11) is 0. The van der Waals surface area contributed by atoms with Gasteiger partial charge in [-0.05, 0) is 31.7 Å². The lowest BCUT2D eigenvalue weighted by Gasteiger charge is -2.26. The maximum Gasteiger partial charge on any atom is 0.230 e. The van der Waals surface area contributed by atoms with Gasteiger partial charge in [-0.1, -0.05) is 12.8 Å². The highest BCUT2D eigenvalue weighted by Crippen LogP contribution is 2.30. The molecule has 1 amide bonds. The highest BCUT2D eigenvalue weighted by molar-refractivity contribution is 5.80. The molecule has 1 aliphatic heterocycles. The normalized spacial score (nSPS) is 26.1. The van der Waals surface area contributed by atoms with Crippen molar-refractivity contribution in [3.8, 4) is 12.3 Å². The van der Waals surface area contributed by atoms with E-state index in [1.807, 2.05) is 4.90 Å². The average molecular weight is 264 g/mol. The Morgan fingerprint density at radius 1 is 1.47 bits per heavy atom. The zero-order valence-electron chi connectivity index (χ0n) is 11.7. The second-order valence-electron chi connectivity index (χ2n) is 5.57. The fraction of sp³-hybridized carbons (Fsp3) is 0.800. The minimum atomic E-state index is -0.0707. The van der Waals surface area contributed by atoms with E-state index in [0.29, 0.717) is 25.7 Å². The van der Waals surface area contributed by atoms with Gasteiger partial charge >= 0.3 is 0 Å². The molecule has 0 aromatic carbocycles. The lowest BCUT2D eigenvalue weighted by molar-refractivity contribution is -0.135. The second-order valence-corrected chi connectivity index (χ2v) is 5.57. The Kier molecular flexibility index (Phi) is 5.24. The largest absolute Gasteiger partial charge is 0.379 e. The third kappa shape index (κ3) is 3.95. The predicted molar refractivity (Wildman–Crippen MR) is 74.5 cm³/mol. The minimum Gasteiger partial charge on any atom is -0.379 e. The van der Waals surface area contributed by atoms with Gasteiger partial charge in [0.2, 0.25) is 5.91 Å². The number of terminal acetylenes is 1. The molecule has 4 nitrogen and oxygen atoms in total. The molecule has 0 radical (unpaired) electrons. The molecule has 19 heavy (non-hydrogen) atoms. The molecule has 1 heterocycles. The molecular formula is C15H24N2O2. The first-order valence-corrected chi connectivity index (χ1v) is 7.29. The lowest BCUT2D eigenvalue weighted by atomic mass is 10.0. The fourth-order valence-electron chi connectivity index (χ4n) is 2.52. The van der Waals surface area contributed by atoms with Crippen LogP contribution in [0.4, 0.5) is 0 Å². The first-order chi connectivity index (χ1) is 9.26. The van der Waals surface area contributed by atoms with Gasteiger partial charge in [0.25, 0.3) is 0 Å². The summed E-state index contributed by atoms with van der Waals surface area (Å²) in [5, 5.41) is 3.40. The Hall–Kier alpha value is -1.05. The molecule has 1 saturated carbocycles. The fourth-order valence-corrected chi connectivity index (χ4v) is 2.52. The van der Waals surface area contributed by atoms with E-state index in [0.717, 1.165) is 19.5 Å². The zero-order valence-corrected chi connectivity index (χ0v) is 11.7. The van der Waals surface area contributed by atoms with Crippen LogP contribution in [0.25, 0.3) is 0 Å². The van der Waals surface area contributed by atoms with E-state index >= 15 is 0 Å². The first kappa shape index (κ1) is 14.4. The SMILES string of the molecule is C#CCN(CC1CC1)C(=O)C1COCC1NCCC. The maximum atomic E-state index is 12.6. The molecule has 106 valence electrons. The van der Waals surface area contributed by atoms with Crippen LogP contribution in [-0.4, -0.2) is 49.7 Å².